The molecule has 0 spiro atoms. The van der Waals surface area contributed by atoms with Gasteiger partial charge in [-0.2, -0.15) is 15.1 Å². The highest BCUT2D eigenvalue weighted by atomic mass is 32.2. The van der Waals surface area contributed by atoms with E-state index in [2.05, 4.69) is 37.3 Å². The summed E-state index contributed by atoms with van der Waals surface area (Å²) in [7, 11) is -0.693. The molecular formula is C12H18N6OS. The van der Waals surface area contributed by atoms with Crippen LogP contribution < -0.4 is 10.2 Å². The molecule has 0 unspecified atom stereocenters. The zero-order chi connectivity index (χ0) is 13.9. The maximum absolute atomic E-state index is 11.5. The Bertz CT molecular complexity index is 617. The summed E-state index contributed by atoms with van der Waals surface area (Å²) in [6.07, 6.45) is 2.77. The lowest BCUT2D eigenvalue weighted by atomic mass is 10.3. The van der Waals surface area contributed by atoms with Crippen LogP contribution in [0.2, 0.25) is 0 Å². The summed E-state index contributed by atoms with van der Waals surface area (Å²) in [5, 5.41) is 11.1. The van der Waals surface area contributed by atoms with Crippen molar-refractivity contribution < 1.29 is 4.21 Å². The Morgan fingerprint density at radius 3 is 2.95 bits per heavy atom. The van der Waals surface area contributed by atoms with Gasteiger partial charge in [0.05, 0.1) is 11.6 Å². The number of rotatable bonds is 4. The Morgan fingerprint density at radius 1 is 1.40 bits per heavy atom. The second kappa shape index (κ2) is 5.74. The third kappa shape index (κ3) is 2.60. The molecule has 0 saturated carbocycles. The zero-order valence-electron chi connectivity index (χ0n) is 11.4. The summed E-state index contributed by atoms with van der Waals surface area (Å²) in [5.41, 5.74) is 0.736. The van der Waals surface area contributed by atoms with E-state index in [0.717, 1.165) is 42.9 Å². The fraction of sp³-hybridized carbons (Fsp3) is 0.583. The lowest BCUT2D eigenvalue weighted by Crippen LogP contribution is -2.38. The van der Waals surface area contributed by atoms with E-state index in [1.165, 1.54) is 0 Å². The largest absolute Gasteiger partial charge is 0.354 e. The minimum absolute atomic E-state index is 0.616. The summed E-state index contributed by atoms with van der Waals surface area (Å²) in [4.78, 5) is 11.2. The van der Waals surface area contributed by atoms with E-state index in [9.17, 15) is 4.21 Å². The Morgan fingerprint density at radius 2 is 2.20 bits per heavy atom. The molecule has 0 amide bonds. The van der Waals surface area contributed by atoms with Gasteiger partial charge in [-0.15, -0.1) is 0 Å². The van der Waals surface area contributed by atoms with E-state index < -0.39 is 10.8 Å². The van der Waals surface area contributed by atoms with Gasteiger partial charge in [0.2, 0.25) is 5.95 Å². The summed E-state index contributed by atoms with van der Waals surface area (Å²) < 4.78 is 11.5. The van der Waals surface area contributed by atoms with Crippen LogP contribution in [0.15, 0.2) is 6.20 Å². The Kier molecular flexibility index (Phi) is 3.81. The second-order valence-corrected chi connectivity index (χ2v) is 6.46. The van der Waals surface area contributed by atoms with Gasteiger partial charge in [-0.05, 0) is 6.42 Å². The predicted octanol–water partition coefficient (Wildman–Crippen LogP) is 0.744. The lowest BCUT2D eigenvalue weighted by molar-refractivity contribution is 0.672. The molecule has 108 valence electrons. The first kappa shape index (κ1) is 13.3. The van der Waals surface area contributed by atoms with Gasteiger partial charge in [-0.3, -0.25) is 9.31 Å². The number of nitrogens with zero attached hydrogens (tertiary/aromatic N) is 4. The van der Waals surface area contributed by atoms with Crippen LogP contribution in [0, 0.1) is 0 Å². The van der Waals surface area contributed by atoms with Crippen molar-refractivity contribution in [2.45, 2.75) is 13.3 Å². The van der Waals surface area contributed by atoms with E-state index in [4.69, 9.17) is 0 Å². The molecule has 2 N–H and O–H groups in total. The molecule has 7 nitrogen and oxygen atoms in total. The van der Waals surface area contributed by atoms with Gasteiger partial charge in [-0.1, -0.05) is 6.92 Å². The normalized spacial score (nSPS) is 16.8. The number of hydrogen-bond acceptors (Lipinski definition) is 6. The summed E-state index contributed by atoms with van der Waals surface area (Å²) >= 11 is 0. The van der Waals surface area contributed by atoms with E-state index in [-0.39, 0.29) is 0 Å². The summed E-state index contributed by atoms with van der Waals surface area (Å²) in [6, 6.07) is 0. The first-order chi connectivity index (χ1) is 9.78. The van der Waals surface area contributed by atoms with Gasteiger partial charge < -0.3 is 10.2 Å². The van der Waals surface area contributed by atoms with Crippen LogP contribution in [0.25, 0.3) is 11.0 Å². The van der Waals surface area contributed by atoms with Gasteiger partial charge in [-0.25, -0.2) is 0 Å². The quantitative estimate of drug-likeness (QED) is 0.865. The highest BCUT2D eigenvalue weighted by Gasteiger charge is 2.20. The number of fused-ring (bicyclic) bond motifs is 1. The van der Waals surface area contributed by atoms with Crippen molar-refractivity contribution in [3.63, 3.8) is 0 Å². The van der Waals surface area contributed by atoms with Crippen LogP contribution in [0.1, 0.15) is 13.3 Å². The van der Waals surface area contributed by atoms with Crippen molar-refractivity contribution in [1.29, 1.82) is 0 Å². The SMILES string of the molecule is CCCNc1nc(N2CCS(=O)CC2)c2cn[nH]c2n1. The third-order valence-electron chi connectivity index (χ3n) is 3.30. The second-order valence-electron chi connectivity index (χ2n) is 4.77. The Hall–Kier alpha value is -1.70. The maximum atomic E-state index is 11.5. The van der Waals surface area contributed by atoms with Crippen LogP contribution in [0.4, 0.5) is 11.8 Å². The maximum Gasteiger partial charge on any atom is 0.226 e. The molecule has 1 saturated heterocycles. The van der Waals surface area contributed by atoms with Crippen LogP contribution >= 0.6 is 0 Å². The predicted molar refractivity (Wildman–Crippen MR) is 80.6 cm³/mol. The summed E-state index contributed by atoms with van der Waals surface area (Å²) in [5.74, 6) is 2.88. The van der Waals surface area contributed by atoms with Crippen molar-refractivity contribution in [2.24, 2.45) is 0 Å². The first-order valence-electron chi connectivity index (χ1n) is 6.83. The van der Waals surface area contributed by atoms with Crippen LogP contribution in [-0.2, 0) is 10.8 Å². The third-order valence-corrected chi connectivity index (χ3v) is 4.58. The number of H-pyrrole nitrogens is 1. The molecule has 0 bridgehead atoms. The molecule has 0 aromatic carbocycles. The number of aromatic amines is 1. The van der Waals surface area contributed by atoms with Crippen LogP contribution in [-0.4, -0.2) is 55.5 Å². The fourth-order valence-electron chi connectivity index (χ4n) is 2.23. The van der Waals surface area contributed by atoms with Gasteiger partial charge in [0.1, 0.15) is 5.82 Å². The first-order valence-corrected chi connectivity index (χ1v) is 8.31. The number of nitrogens with one attached hydrogen (secondary N) is 2. The molecule has 1 aliphatic heterocycles. The molecule has 20 heavy (non-hydrogen) atoms. The van der Waals surface area contributed by atoms with Gasteiger partial charge in [0.15, 0.2) is 5.65 Å². The van der Waals surface area contributed by atoms with Crippen molar-refractivity contribution in [3.05, 3.63) is 6.20 Å². The van der Waals surface area contributed by atoms with E-state index in [1.54, 1.807) is 6.20 Å². The lowest BCUT2D eigenvalue weighted by Gasteiger charge is -2.27. The molecule has 0 atom stereocenters. The molecule has 8 heteroatoms. The molecule has 0 aliphatic carbocycles. The van der Waals surface area contributed by atoms with Gasteiger partial charge >= 0.3 is 0 Å². The van der Waals surface area contributed by atoms with Gasteiger partial charge in [0.25, 0.3) is 0 Å². The molecule has 3 rings (SSSR count). The molecule has 1 fully saturated rings. The Balaban J connectivity index is 1.94. The minimum Gasteiger partial charge on any atom is -0.354 e. The van der Waals surface area contributed by atoms with Crippen LogP contribution in [0.5, 0.6) is 0 Å². The van der Waals surface area contributed by atoms with Crippen molar-refractivity contribution in [2.75, 3.05) is 41.4 Å². The standard InChI is InChI=1S/C12H18N6OS/c1-2-3-13-12-15-10-9(8-14-17-10)11(16-12)18-4-6-20(19)7-5-18/h8H,2-7H2,1H3,(H2,13,14,15,16,17). The average Bonchev–Trinajstić information content (AvgIpc) is 2.93. The zero-order valence-corrected chi connectivity index (χ0v) is 12.2. The van der Waals surface area contributed by atoms with Gasteiger partial charge in [0, 0.05) is 41.9 Å². The van der Waals surface area contributed by atoms with Crippen molar-refractivity contribution in [1.82, 2.24) is 20.2 Å². The van der Waals surface area contributed by atoms with E-state index in [0.29, 0.717) is 17.5 Å². The van der Waals surface area contributed by atoms with E-state index >= 15 is 0 Å². The fourth-order valence-corrected chi connectivity index (χ4v) is 3.28. The minimum atomic E-state index is -0.693. The smallest absolute Gasteiger partial charge is 0.226 e. The van der Waals surface area contributed by atoms with Crippen LogP contribution in [0.3, 0.4) is 0 Å². The summed E-state index contributed by atoms with van der Waals surface area (Å²) in [6.45, 7) is 4.46. The number of hydrogen-bond donors (Lipinski definition) is 2. The monoisotopic (exact) mass is 294 g/mol. The highest BCUT2D eigenvalue weighted by molar-refractivity contribution is 7.85. The van der Waals surface area contributed by atoms with E-state index in [1.807, 2.05) is 0 Å². The molecular weight excluding hydrogens is 276 g/mol. The molecule has 2 aromatic rings. The topological polar surface area (TPSA) is 86.8 Å². The number of anilines is 2. The molecule has 0 radical (unpaired) electrons. The van der Waals surface area contributed by atoms with Crippen molar-refractivity contribution >= 4 is 33.6 Å². The number of aromatic nitrogens is 4. The highest BCUT2D eigenvalue weighted by Crippen LogP contribution is 2.24. The van der Waals surface area contributed by atoms with Crippen molar-refractivity contribution in [3.8, 4) is 0 Å². The average molecular weight is 294 g/mol. The molecule has 1 aliphatic rings. The molecule has 2 aromatic heterocycles. The Labute approximate surface area is 119 Å². The molecule has 3 heterocycles.